The molecule has 0 spiro atoms. The molecular formula is C29H40ClN5O7S. The van der Waals surface area contributed by atoms with E-state index in [4.69, 9.17) is 16.3 Å². The zero-order valence-corrected chi connectivity index (χ0v) is 26.2. The van der Waals surface area contributed by atoms with Gasteiger partial charge in [0.1, 0.15) is 23.2 Å². The Morgan fingerprint density at radius 2 is 1.79 bits per heavy atom. The molecule has 1 saturated heterocycles. The molecule has 4 rings (SSSR count). The van der Waals surface area contributed by atoms with Crippen LogP contribution >= 0.6 is 11.6 Å². The Morgan fingerprint density at radius 3 is 2.49 bits per heavy atom. The maximum Gasteiger partial charge on any atom is 0.408 e. The molecule has 12 nitrogen and oxygen atoms in total. The molecule has 1 unspecified atom stereocenters. The molecule has 0 aromatic heterocycles. The smallest absolute Gasteiger partial charge is 0.408 e. The Bertz CT molecular complexity index is 1360. The predicted octanol–water partition coefficient (Wildman–Crippen LogP) is 3.39. The zero-order valence-electron chi connectivity index (χ0n) is 24.7. The molecule has 1 aliphatic carbocycles. The lowest BCUT2D eigenvalue weighted by atomic mass is 10.0. The number of ether oxygens (including phenoxy) is 1. The van der Waals surface area contributed by atoms with Crippen LogP contribution in [-0.2, 0) is 29.3 Å². The fourth-order valence-corrected chi connectivity index (χ4v) is 6.50. The average molecular weight is 638 g/mol. The molecule has 236 valence electrons. The highest BCUT2D eigenvalue weighted by atomic mass is 35.5. The quantitative estimate of drug-likeness (QED) is 0.360. The van der Waals surface area contributed by atoms with E-state index in [0.29, 0.717) is 43.7 Å². The lowest BCUT2D eigenvalue weighted by Crippen LogP contribution is -2.58. The number of nitrogens with zero attached hydrogens (tertiary/aromatic N) is 1. The number of anilines is 1. The number of fused-ring (bicyclic) bond motifs is 2. The Balaban J connectivity index is 1.53. The van der Waals surface area contributed by atoms with Gasteiger partial charge in [0.25, 0.3) is 5.91 Å². The van der Waals surface area contributed by atoms with Crippen molar-refractivity contribution in [2.75, 3.05) is 11.3 Å². The summed E-state index contributed by atoms with van der Waals surface area (Å²) in [5.74, 6) is -2.23. The molecule has 2 fully saturated rings. The third-order valence-electron chi connectivity index (χ3n) is 7.65. The Morgan fingerprint density at radius 1 is 1.07 bits per heavy atom. The molecule has 14 heteroatoms. The van der Waals surface area contributed by atoms with Gasteiger partial charge in [-0.2, -0.15) is 8.42 Å². The topological polar surface area (TPSA) is 163 Å². The van der Waals surface area contributed by atoms with E-state index in [2.05, 4.69) is 20.1 Å². The summed E-state index contributed by atoms with van der Waals surface area (Å²) in [6, 6.07) is 4.16. The van der Waals surface area contributed by atoms with Gasteiger partial charge in [0.05, 0.1) is 5.69 Å². The summed E-state index contributed by atoms with van der Waals surface area (Å²) in [5.41, 5.74) is -2.04. The van der Waals surface area contributed by atoms with Gasteiger partial charge < -0.3 is 20.3 Å². The van der Waals surface area contributed by atoms with Crippen molar-refractivity contribution in [1.82, 2.24) is 20.3 Å². The van der Waals surface area contributed by atoms with Crippen LogP contribution in [0.15, 0.2) is 36.4 Å². The standard InChI is InChI=1S/C29H40ClN5O7S/c1-28(2,3)42-27(39)31-22-11-8-6-4-5-7-10-19-18-29(19,32-24(36)23-12-9-17-35(23)25(22)37)26(38)34-43(40,41)33-21-15-13-20(30)14-16-21/h7,10,13-16,19,22-23,33H,4-6,8-9,11-12,17-18H2,1-3H3,(H,31,39)(H,32,36)(H,34,38)/b10-7-/t19-,22+,23?,29-/m1/s1. The molecule has 4 amide bonds. The van der Waals surface area contributed by atoms with Crippen molar-refractivity contribution in [1.29, 1.82) is 0 Å². The number of hydrogen-bond acceptors (Lipinski definition) is 7. The van der Waals surface area contributed by atoms with Crippen LogP contribution in [0.3, 0.4) is 0 Å². The monoisotopic (exact) mass is 637 g/mol. The minimum Gasteiger partial charge on any atom is -0.444 e. The Kier molecular flexibility index (Phi) is 9.95. The number of rotatable bonds is 5. The third kappa shape index (κ3) is 8.62. The largest absolute Gasteiger partial charge is 0.444 e. The fraction of sp³-hybridized carbons (Fsp3) is 0.586. The van der Waals surface area contributed by atoms with Gasteiger partial charge in [-0.1, -0.05) is 36.6 Å². The number of amides is 4. The second kappa shape index (κ2) is 13.1. The van der Waals surface area contributed by atoms with Crippen molar-refractivity contribution in [3.8, 4) is 0 Å². The van der Waals surface area contributed by atoms with Gasteiger partial charge in [0.15, 0.2) is 0 Å². The zero-order chi connectivity index (χ0) is 31.4. The third-order valence-corrected chi connectivity index (χ3v) is 8.86. The summed E-state index contributed by atoms with van der Waals surface area (Å²) in [4.78, 5) is 54.8. The molecule has 4 N–H and O–H groups in total. The number of allylic oxidation sites excluding steroid dienone is 1. The Hall–Kier alpha value is -3.32. The maximum absolute atomic E-state index is 13.7. The normalized spacial score (nSPS) is 27.3. The van der Waals surface area contributed by atoms with E-state index < -0.39 is 63.2 Å². The molecule has 1 saturated carbocycles. The molecule has 3 aliphatic rings. The minimum absolute atomic E-state index is 0.204. The van der Waals surface area contributed by atoms with E-state index in [9.17, 15) is 27.6 Å². The first-order chi connectivity index (χ1) is 20.2. The van der Waals surface area contributed by atoms with Crippen LogP contribution in [0.4, 0.5) is 10.5 Å². The molecule has 2 aliphatic heterocycles. The van der Waals surface area contributed by atoms with Crippen molar-refractivity contribution < 1.29 is 32.3 Å². The van der Waals surface area contributed by atoms with Crippen molar-refractivity contribution in [3.63, 3.8) is 0 Å². The van der Waals surface area contributed by atoms with Crippen molar-refractivity contribution in [2.24, 2.45) is 5.92 Å². The summed E-state index contributed by atoms with van der Waals surface area (Å²) in [6.07, 6.45) is 7.57. The van der Waals surface area contributed by atoms with Crippen molar-refractivity contribution in [2.45, 2.75) is 95.4 Å². The van der Waals surface area contributed by atoms with Gasteiger partial charge in [0.2, 0.25) is 11.8 Å². The second-order valence-electron chi connectivity index (χ2n) is 12.3. The number of nitrogens with one attached hydrogen (secondary N) is 4. The van der Waals surface area contributed by atoms with Crippen LogP contribution in [0.2, 0.25) is 5.02 Å². The van der Waals surface area contributed by atoms with Crippen LogP contribution in [0.25, 0.3) is 0 Å². The first-order valence-corrected chi connectivity index (χ1v) is 16.4. The van der Waals surface area contributed by atoms with E-state index in [1.165, 1.54) is 29.2 Å². The maximum atomic E-state index is 13.7. The minimum atomic E-state index is -4.33. The van der Waals surface area contributed by atoms with Gasteiger partial charge in [-0.15, -0.1) is 0 Å². The average Bonchev–Trinajstić information content (AvgIpc) is 3.36. The van der Waals surface area contributed by atoms with Crippen LogP contribution < -0.4 is 20.1 Å². The van der Waals surface area contributed by atoms with E-state index in [0.717, 1.165) is 12.8 Å². The second-order valence-corrected chi connectivity index (χ2v) is 14.1. The number of alkyl carbamates (subject to hydrolysis) is 1. The molecule has 1 aromatic rings. The van der Waals surface area contributed by atoms with E-state index in [-0.39, 0.29) is 12.1 Å². The van der Waals surface area contributed by atoms with Crippen LogP contribution in [0.5, 0.6) is 0 Å². The summed E-state index contributed by atoms with van der Waals surface area (Å²) in [6.45, 7) is 5.51. The number of halogens is 1. The van der Waals surface area contributed by atoms with Gasteiger partial charge >= 0.3 is 16.3 Å². The van der Waals surface area contributed by atoms with E-state index in [1.54, 1.807) is 20.8 Å². The van der Waals surface area contributed by atoms with Gasteiger partial charge in [-0.25, -0.2) is 9.52 Å². The van der Waals surface area contributed by atoms with Crippen molar-refractivity contribution >= 4 is 51.3 Å². The first-order valence-electron chi connectivity index (χ1n) is 14.6. The summed E-state index contributed by atoms with van der Waals surface area (Å²) in [7, 11) is -4.33. The highest BCUT2D eigenvalue weighted by Gasteiger charge is 2.61. The number of carbonyl (C=O) groups excluding carboxylic acids is 4. The molecule has 0 radical (unpaired) electrons. The molecule has 43 heavy (non-hydrogen) atoms. The SMILES string of the molecule is CC(C)(C)OC(=O)N[C@H]1CCCCC/C=C\[C@@H]2C[C@@]2(C(=O)NS(=O)(=O)Nc2ccc(Cl)cc2)NC(=O)C2CCCN2C1=O. The van der Waals surface area contributed by atoms with Crippen molar-refractivity contribution in [3.05, 3.63) is 41.4 Å². The highest BCUT2D eigenvalue weighted by Crippen LogP contribution is 2.45. The highest BCUT2D eigenvalue weighted by molar-refractivity contribution is 7.91. The van der Waals surface area contributed by atoms with Gasteiger partial charge in [-0.3, -0.25) is 19.1 Å². The predicted molar refractivity (Wildman–Crippen MR) is 161 cm³/mol. The van der Waals surface area contributed by atoms with Crippen LogP contribution in [-0.4, -0.2) is 66.9 Å². The van der Waals surface area contributed by atoms with E-state index in [1.807, 2.05) is 12.2 Å². The first kappa shape index (κ1) is 32.6. The summed E-state index contributed by atoms with van der Waals surface area (Å²) in [5, 5.41) is 5.90. The van der Waals surface area contributed by atoms with E-state index >= 15 is 0 Å². The Labute approximate surface area is 257 Å². The molecule has 4 atom stereocenters. The molecule has 2 heterocycles. The number of carbonyl (C=O) groups is 4. The lowest BCUT2D eigenvalue weighted by Gasteiger charge is -2.30. The van der Waals surface area contributed by atoms with Gasteiger partial charge in [0, 0.05) is 17.5 Å². The van der Waals surface area contributed by atoms with Crippen LogP contribution in [0.1, 0.15) is 72.1 Å². The van der Waals surface area contributed by atoms with Gasteiger partial charge in [-0.05, 0) is 83.6 Å². The lowest BCUT2D eigenvalue weighted by molar-refractivity contribution is -0.141. The summed E-state index contributed by atoms with van der Waals surface area (Å²) < 4.78 is 35.3. The van der Waals surface area contributed by atoms with Crippen LogP contribution in [0, 0.1) is 5.92 Å². The molecule has 1 aromatic carbocycles. The fourth-order valence-electron chi connectivity index (χ4n) is 5.46. The number of hydrogen-bond donors (Lipinski definition) is 4. The molecule has 0 bridgehead atoms. The molecular weight excluding hydrogens is 598 g/mol. The summed E-state index contributed by atoms with van der Waals surface area (Å²) >= 11 is 5.87. The number of benzene rings is 1.